The molecule has 28 heavy (non-hydrogen) atoms. The van der Waals surface area contributed by atoms with Gasteiger partial charge in [0, 0.05) is 10.9 Å². The largest absolute Gasteiger partial charge is 0.497 e. The van der Waals surface area contributed by atoms with Crippen LogP contribution in [0.1, 0.15) is 31.1 Å². The molecule has 0 unspecified atom stereocenters. The fourth-order valence-corrected chi connectivity index (χ4v) is 2.73. The first kappa shape index (κ1) is 19.5. The Morgan fingerprint density at radius 2 is 1.71 bits per heavy atom. The van der Waals surface area contributed by atoms with Crippen LogP contribution >= 0.6 is 0 Å². The highest BCUT2D eigenvalue weighted by Crippen LogP contribution is 2.36. The van der Waals surface area contributed by atoms with Crippen LogP contribution in [0.15, 0.2) is 46.9 Å². The molecule has 0 amide bonds. The Morgan fingerprint density at radius 1 is 1.04 bits per heavy atom. The molecule has 3 rings (SSSR count). The second-order valence-electron chi connectivity index (χ2n) is 6.49. The van der Waals surface area contributed by atoms with Crippen molar-refractivity contribution in [1.82, 2.24) is 0 Å². The van der Waals surface area contributed by atoms with Crippen LogP contribution in [0.4, 0.5) is 0 Å². The quantitative estimate of drug-likeness (QED) is 0.448. The summed E-state index contributed by atoms with van der Waals surface area (Å²) in [6.07, 6.45) is 0. The van der Waals surface area contributed by atoms with Crippen molar-refractivity contribution >= 4 is 22.9 Å². The third-order valence-electron chi connectivity index (χ3n) is 4.18. The van der Waals surface area contributed by atoms with Gasteiger partial charge in [0.2, 0.25) is 0 Å². The number of fused-ring (bicyclic) bond motifs is 1. The number of carbonyl (C=O) groups is 2. The van der Waals surface area contributed by atoms with E-state index in [0.29, 0.717) is 39.4 Å². The van der Waals surface area contributed by atoms with E-state index in [1.165, 1.54) is 0 Å². The van der Waals surface area contributed by atoms with Crippen molar-refractivity contribution in [2.24, 2.45) is 5.92 Å². The van der Waals surface area contributed by atoms with Crippen LogP contribution in [0, 0.1) is 5.92 Å². The molecule has 3 aromatic rings. The van der Waals surface area contributed by atoms with Crippen molar-refractivity contribution in [3.05, 3.63) is 48.0 Å². The summed E-state index contributed by atoms with van der Waals surface area (Å²) in [7, 11) is 1.58. The summed E-state index contributed by atoms with van der Waals surface area (Å²) in [5.41, 5.74) is 1.50. The van der Waals surface area contributed by atoms with E-state index in [1.54, 1.807) is 70.3 Å². The van der Waals surface area contributed by atoms with Crippen LogP contribution < -0.4 is 9.47 Å². The van der Waals surface area contributed by atoms with Crippen molar-refractivity contribution in [2.75, 3.05) is 13.7 Å². The molecule has 0 aliphatic rings. The van der Waals surface area contributed by atoms with Gasteiger partial charge in [-0.2, -0.15) is 0 Å². The van der Waals surface area contributed by atoms with E-state index in [0.717, 1.165) is 0 Å². The number of hydrogen-bond acceptors (Lipinski definition) is 6. The lowest BCUT2D eigenvalue weighted by molar-refractivity contribution is -0.137. The maximum atomic E-state index is 12.7. The van der Waals surface area contributed by atoms with Crippen LogP contribution in [0.5, 0.6) is 11.5 Å². The molecule has 0 radical (unpaired) electrons. The number of hydrogen-bond donors (Lipinski definition) is 0. The van der Waals surface area contributed by atoms with Gasteiger partial charge < -0.3 is 18.6 Å². The van der Waals surface area contributed by atoms with Crippen LogP contribution in [0.3, 0.4) is 0 Å². The van der Waals surface area contributed by atoms with E-state index in [-0.39, 0.29) is 18.5 Å². The van der Waals surface area contributed by atoms with Crippen LogP contribution in [-0.4, -0.2) is 25.7 Å². The van der Waals surface area contributed by atoms with Crippen molar-refractivity contribution in [3.8, 4) is 22.8 Å². The van der Waals surface area contributed by atoms with E-state index < -0.39 is 5.97 Å². The summed E-state index contributed by atoms with van der Waals surface area (Å²) in [4.78, 5) is 24.6. The van der Waals surface area contributed by atoms with Gasteiger partial charge in [0.25, 0.3) is 0 Å². The number of esters is 2. The number of carbonyl (C=O) groups excluding carboxylic acids is 2. The van der Waals surface area contributed by atoms with Gasteiger partial charge in [-0.3, -0.25) is 4.79 Å². The summed E-state index contributed by atoms with van der Waals surface area (Å²) in [5, 5.41) is 0.526. The number of ether oxygens (including phenoxy) is 3. The molecule has 146 valence electrons. The van der Waals surface area contributed by atoms with E-state index >= 15 is 0 Å². The number of furan rings is 1. The minimum atomic E-state index is -0.501. The molecule has 0 atom stereocenters. The fraction of sp³-hybridized carbons (Fsp3) is 0.273. The number of methoxy groups -OCH3 is 1. The molecule has 0 bridgehead atoms. The van der Waals surface area contributed by atoms with E-state index in [9.17, 15) is 9.59 Å². The van der Waals surface area contributed by atoms with Gasteiger partial charge in [0.05, 0.1) is 19.6 Å². The molecule has 0 N–H and O–H groups in total. The lowest BCUT2D eigenvalue weighted by Gasteiger charge is -2.07. The second-order valence-corrected chi connectivity index (χ2v) is 6.49. The Kier molecular flexibility index (Phi) is 5.68. The Balaban J connectivity index is 2.13. The Morgan fingerprint density at radius 3 is 2.32 bits per heavy atom. The zero-order valence-electron chi connectivity index (χ0n) is 16.3. The summed E-state index contributed by atoms with van der Waals surface area (Å²) in [6.45, 7) is 5.48. The number of benzene rings is 2. The second kappa shape index (κ2) is 8.17. The topological polar surface area (TPSA) is 75.0 Å². The van der Waals surface area contributed by atoms with Gasteiger partial charge in [-0.05, 0) is 49.4 Å². The molecule has 6 heteroatoms. The van der Waals surface area contributed by atoms with Gasteiger partial charge in [-0.25, -0.2) is 4.79 Å². The third-order valence-corrected chi connectivity index (χ3v) is 4.18. The average Bonchev–Trinajstić information content (AvgIpc) is 3.07. The van der Waals surface area contributed by atoms with Crippen LogP contribution in [0.25, 0.3) is 22.3 Å². The minimum Gasteiger partial charge on any atom is -0.497 e. The first-order chi connectivity index (χ1) is 13.4. The number of rotatable bonds is 6. The Hall–Kier alpha value is -3.28. The normalized spacial score (nSPS) is 10.9. The summed E-state index contributed by atoms with van der Waals surface area (Å²) < 4.78 is 21.7. The molecular formula is C22H22O6. The fourth-order valence-electron chi connectivity index (χ4n) is 2.73. The van der Waals surface area contributed by atoms with Gasteiger partial charge in [-0.1, -0.05) is 13.8 Å². The van der Waals surface area contributed by atoms with Crippen molar-refractivity contribution in [1.29, 1.82) is 0 Å². The highest BCUT2D eigenvalue weighted by Gasteiger charge is 2.24. The molecule has 0 saturated heterocycles. The summed E-state index contributed by atoms with van der Waals surface area (Å²) in [6, 6.07) is 12.1. The van der Waals surface area contributed by atoms with Crippen molar-refractivity contribution in [3.63, 3.8) is 0 Å². The van der Waals surface area contributed by atoms with Crippen molar-refractivity contribution in [2.45, 2.75) is 20.8 Å². The molecule has 0 spiro atoms. The molecule has 0 fully saturated rings. The molecular weight excluding hydrogens is 360 g/mol. The summed E-state index contributed by atoms with van der Waals surface area (Å²) in [5.74, 6) is 0.317. The predicted molar refractivity (Wildman–Crippen MR) is 105 cm³/mol. The highest BCUT2D eigenvalue weighted by atomic mass is 16.5. The van der Waals surface area contributed by atoms with Crippen LogP contribution in [-0.2, 0) is 9.53 Å². The SMILES string of the molecule is CCOC(=O)c1c(-c2ccc(OC)cc2)oc2ccc(OC(=O)C(C)C)cc12. The first-order valence-electron chi connectivity index (χ1n) is 9.04. The third kappa shape index (κ3) is 3.86. The van der Waals surface area contributed by atoms with E-state index in [4.69, 9.17) is 18.6 Å². The van der Waals surface area contributed by atoms with Gasteiger partial charge in [-0.15, -0.1) is 0 Å². The Labute approximate surface area is 163 Å². The zero-order valence-corrected chi connectivity index (χ0v) is 16.3. The maximum absolute atomic E-state index is 12.7. The lowest BCUT2D eigenvalue weighted by Crippen LogP contribution is -2.14. The van der Waals surface area contributed by atoms with Gasteiger partial charge in [0.1, 0.15) is 28.4 Å². The minimum absolute atomic E-state index is 0.232. The molecule has 0 aliphatic heterocycles. The van der Waals surface area contributed by atoms with Gasteiger partial charge >= 0.3 is 11.9 Å². The average molecular weight is 382 g/mol. The Bertz CT molecular complexity index is 998. The maximum Gasteiger partial charge on any atom is 0.342 e. The molecule has 0 saturated carbocycles. The molecule has 2 aromatic carbocycles. The monoisotopic (exact) mass is 382 g/mol. The predicted octanol–water partition coefficient (Wildman–Crippen LogP) is 4.85. The first-order valence-corrected chi connectivity index (χ1v) is 9.04. The molecule has 1 heterocycles. The van der Waals surface area contributed by atoms with E-state index in [1.807, 2.05) is 0 Å². The summed E-state index contributed by atoms with van der Waals surface area (Å²) >= 11 is 0. The molecule has 0 aliphatic carbocycles. The molecule has 1 aromatic heterocycles. The van der Waals surface area contributed by atoms with E-state index in [2.05, 4.69) is 0 Å². The van der Waals surface area contributed by atoms with Gasteiger partial charge in [0.15, 0.2) is 0 Å². The lowest BCUT2D eigenvalue weighted by atomic mass is 10.1. The molecule has 6 nitrogen and oxygen atoms in total. The zero-order chi connectivity index (χ0) is 20.3. The standard InChI is InChI=1S/C22H22O6/c1-5-26-22(24)19-17-12-16(27-21(23)13(2)3)10-11-18(17)28-20(19)14-6-8-15(25-4)9-7-14/h6-13H,5H2,1-4H3. The smallest absolute Gasteiger partial charge is 0.342 e. The highest BCUT2D eigenvalue weighted by molar-refractivity contribution is 6.09. The van der Waals surface area contributed by atoms with Crippen molar-refractivity contribution < 1.29 is 28.2 Å². The van der Waals surface area contributed by atoms with Crippen LogP contribution in [0.2, 0.25) is 0 Å².